The Morgan fingerprint density at radius 2 is 1.85 bits per heavy atom. The van der Waals surface area contributed by atoms with Crippen LogP contribution in [0.1, 0.15) is 46.7 Å². The maximum absolute atomic E-state index is 11.5. The van der Waals surface area contributed by atoms with Crippen LogP contribution < -0.4 is 0 Å². The molecule has 0 N–H and O–H groups in total. The Bertz CT molecular complexity index is 980. The number of nitrogens with zero attached hydrogens (tertiary/aromatic N) is 2. The molecule has 0 atom stereocenters. The number of rotatable bonds is 5. The van der Waals surface area contributed by atoms with Gasteiger partial charge in [-0.2, -0.15) is 0 Å². The Morgan fingerprint density at radius 1 is 1.08 bits per heavy atom. The van der Waals surface area contributed by atoms with Gasteiger partial charge < -0.3 is 4.57 Å². The van der Waals surface area contributed by atoms with Crippen LogP contribution in [0.4, 0.5) is 5.69 Å². The van der Waals surface area contributed by atoms with Gasteiger partial charge in [-0.05, 0) is 57.0 Å². The molecule has 26 heavy (non-hydrogen) atoms. The van der Waals surface area contributed by atoms with Gasteiger partial charge in [-0.1, -0.05) is 37.3 Å². The molecule has 3 nitrogen and oxygen atoms in total. The monoisotopic (exact) mass is 344 g/mol. The van der Waals surface area contributed by atoms with E-state index in [1.165, 1.54) is 16.9 Å². The van der Waals surface area contributed by atoms with E-state index in [9.17, 15) is 4.79 Å². The average molecular weight is 344 g/mol. The second-order valence-corrected chi connectivity index (χ2v) is 6.51. The van der Waals surface area contributed by atoms with Gasteiger partial charge >= 0.3 is 0 Å². The third kappa shape index (κ3) is 3.52. The topological polar surface area (TPSA) is 34.4 Å². The predicted molar refractivity (Wildman–Crippen MR) is 108 cm³/mol. The second kappa shape index (κ2) is 7.52. The van der Waals surface area contributed by atoms with Crippen molar-refractivity contribution < 1.29 is 4.79 Å². The van der Waals surface area contributed by atoms with Gasteiger partial charge in [0.25, 0.3) is 0 Å². The molecule has 1 aromatic heterocycles. The van der Waals surface area contributed by atoms with Crippen LogP contribution in [0.15, 0.2) is 59.6 Å². The first-order chi connectivity index (χ1) is 12.5. The predicted octanol–water partition coefficient (Wildman–Crippen LogP) is 5.61. The summed E-state index contributed by atoms with van der Waals surface area (Å²) >= 11 is 0. The van der Waals surface area contributed by atoms with E-state index in [0.29, 0.717) is 5.56 Å². The van der Waals surface area contributed by atoms with Crippen LogP contribution in [0, 0.1) is 13.8 Å². The van der Waals surface area contributed by atoms with Crippen LogP contribution in [0.3, 0.4) is 0 Å². The standard InChI is InChI=1S/C23H24N2O/c1-5-19-9-6-7-12-23(19)25-16(2)13-21(17(25)3)15-24-22-11-8-10-20(14-22)18(4)26/h6-15H,5H2,1-4H3. The molecule has 0 aliphatic heterocycles. The third-order valence-corrected chi connectivity index (χ3v) is 4.69. The number of aromatic nitrogens is 1. The molecule has 132 valence electrons. The largest absolute Gasteiger partial charge is 0.318 e. The summed E-state index contributed by atoms with van der Waals surface area (Å²) in [6.45, 7) is 7.99. The molecule has 0 unspecified atom stereocenters. The number of benzene rings is 2. The highest BCUT2D eigenvalue weighted by atomic mass is 16.1. The van der Waals surface area contributed by atoms with Gasteiger partial charge in [0.15, 0.2) is 5.78 Å². The molecule has 0 fully saturated rings. The molecule has 3 rings (SSSR count). The first kappa shape index (κ1) is 17.9. The SMILES string of the molecule is CCc1ccccc1-n1c(C)cc(C=Nc2cccc(C(C)=O)c2)c1C. The summed E-state index contributed by atoms with van der Waals surface area (Å²) in [7, 11) is 0. The summed E-state index contributed by atoms with van der Waals surface area (Å²) in [6, 6.07) is 18.1. The van der Waals surface area contributed by atoms with Crippen molar-refractivity contribution >= 4 is 17.7 Å². The van der Waals surface area contributed by atoms with Crippen molar-refractivity contribution in [1.29, 1.82) is 0 Å². The van der Waals surface area contributed by atoms with E-state index in [1.54, 1.807) is 6.92 Å². The second-order valence-electron chi connectivity index (χ2n) is 6.51. The summed E-state index contributed by atoms with van der Waals surface area (Å²) in [5.41, 5.74) is 7.45. The van der Waals surface area contributed by atoms with Crippen molar-refractivity contribution in [2.45, 2.75) is 34.1 Å². The fourth-order valence-electron chi connectivity index (χ4n) is 3.27. The van der Waals surface area contributed by atoms with Crippen LogP contribution in [0.25, 0.3) is 5.69 Å². The van der Waals surface area contributed by atoms with Crippen LogP contribution in [-0.2, 0) is 6.42 Å². The Balaban J connectivity index is 1.98. The molecule has 0 bridgehead atoms. The third-order valence-electron chi connectivity index (χ3n) is 4.69. The lowest BCUT2D eigenvalue weighted by atomic mass is 10.1. The number of carbonyl (C=O) groups excluding carboxylic acids is 1. The van der Waals surface area contributed by atoms with Gasteiger partial charge in [0.1, 0.15) is 0 Å². The van der Waals surface area contributed by atoms with Crippen molar-refractivity contribution in [2.75, 3.05) is 0 Å². The number of para-hydroxylation sites is 1. The fourth-order valence-corrected chi connectivity index (χ4v) is 3.27. The summed E-state index contributed by atoms with van der Waals surface area (Å²) in [4.78, 5) is 16.1. The molecule has 0 spiro atoms. The minimum atomic E-state index is 0.0522. The highest BCUT2D eigenvalue weighted by Crippen LogP contribution is 2.24. The number of aryl methyl sites for hydroxylation is 2. The Hall–Kier alpha value is -2.94. The maximum Gasteiger partial charge on any atom is 0.159 e. The molecule has 0 saturated heterocycles. The molecule has 0 radical (unpaired) electrons. The number of ketones is 1. The smallest absolute Gasteiger partial charge is 0.159 e. The van der Waals surface area contributed by atoms with Crippen molar-refractivity contribution in [3.8, 4) is 5.69 Å². The van der Waals surface area contributed by atoms with E-state index < -0.39 is 0 Å². The molecule has 0 amide bonds. The lowest BCUT2D eigenvalue weighted by Crippen LogP contribution is -2.03. The van der Waals surface area contributed by atoms with E-state index in [2.05, 4.69) is 60.7 Å². The minimum Gasteiger partial charge on any atom is -0.318 e. The zero-order valence-corrected chi connectivity index (χ0v) is 15.8. The van der Waals surface area contributed by atoms with E-state index in [-0.39, 0.29) is 5.78 Å². The van der Waals surface area contributed by atoms with Crippen LogP contribution in [0.2, 0.25) is 0 Å². The molecular weight excluding hydrogens is 320 g/mol. The lowest BCUT2D eigenvalue weighted by molar-refractivity contribution is 0.101. The molecule has 3 aromatic rings. The average Bonchev–Trinajstić information content (AvgIpc) is 2.93. The number of carbonyl (C=O) groups is 1. The summed E-state index contributed by atoms with van der Waals surface area (Å²) < 4.78 is 2.28. The number of hydrogen-bond donors (Lipinski definition) is 0. The molecule has 0 aliphatic carbocycles. The van der Waals surface area contributed by atoms with E-state index in [1.807, 2.05) is 30.5 Å². The Kier molecular flexibility index (Phi) is 5.17. The zero-order chi connectivity index (χ0) is 18.7. The van der Waals surface area contributed by atoms with Crippen LogP contribution >= 0.6 is 0 Å². The van der Waals surface area contributed by atoms with E-state index >= 15 is 0 Å². The van der Waals surface area contributed by atoms with Gasteiger partial charge in [-0.3, -0.25) is 9.79 Å². The van der Waals surface area contributed by atoms with Crippen molar-refractivity contribution in [2.24, 2.45) is 4.99 Å². The van der Waals surface area contributed by atoms with E-state index in [0.717, 1.165) is 23.4 Å². The number of Topliss-reactive ketones (excluding diaryl/α,β-unsaturated/α-hetero) is 1. The fraction of sp³-hybridized carbons (Fsp3) is 0.217. The summed E-state index contributed by atoms with van der Waals surface area (Å²) in [6.07, 6.45) is 2.88. The van der Waals surface area contributed by atoms with Crippen molar-refractivity contribution in [3.05, 3.63) is 82.7 Å². The Labute approximate surface area is 155 Å². The van der Waals surface area contributed by atoms with E-state index in [4.69, 9.17) is 0 Å². The molecule has 2 aromatic carbocycles. The molecule has 1 heterocycles. The van der Waals surface area contributed by atoms with Crippen molar-refractivity contribution in [1.82, 2.24) is 4.57 Å². The quantitative estimate of drug-likeness (QED) is 0.437. The summed E-state index contributed by atoms with van der Waals surface area (Å²) in [5, 5.41) is 0. The molecule has 0 saturated carbocycles. The zero-order valence-electron chi connectivity index (χ0n) is 15.8. The van der Waals surface area contributed by atoms with Gasteiger partial charge in [0.2, 0.25) is 0 Å². The van der Waals surface area contributed by atoms with Gasteiger partial charge in [0, 0.05) is 34.4 Å². The number of aliphatic imine (C=N–C) groups is 1. The van der Waals surface area contributed by atoms with Crippen molar-refractivity contribution in [3.63, 3.8) is 0 Å². The molecular formula is C23H24N2O. The van der Waals surface area contributed by atoms with Crippen LogP contribution in [0.5, 0.6) is 0 Å². The van der Waals surface area contributed by atoms with Gasteiger partial charge in [-0.25, -0.2) is 0 Å². The van der Waals surface area contributed by atoms with Gasteiger partial charge in [-0.15, -0.1) is 0 Å². The Morgan fingerprint density at radius 3 is 2.58 bits per heavy atom. The molecule has 3 heteroatoms. The maximum atomic E-state index is 11.5. The first-order valence-corrected chi connectivity index (χ1v) is 8.93. The van der Waals surface area contributed by atoms with Crippen LogP contribution in [-0.4, -0.2) is 16.6 Å². The molecule has 0 aliphatic rings. The summed E-state index contributed by atoms with van der Waals surface area (Å²) in [5.74, 6) is 0.0522. The van der Waals surface area contributed by atoms with Gasteiger partial charge in [0.05, 0.1) is 5.69 Å². The highest BCUT2D eigenvalue weighted by Gasteiger charge is 2.11. The lowest BCUT2D eigenvalue weighted by Gasteiger charge is -2.13. The highest BCUT2D eigenvalue weighted by molar-refractivity contribution is 5.95. The first-order valence-electron chi connectivity index (χ1n) is 8.93. The number of hydrogen-bond acceptors (Lipinski definition) is 2. The normalized spacial score (nSPS) is 11.2. The minimum absolute atomic E-state index is 0.0522.